The van der Waals surface area contributed by atoms with Gasteiger partial charge in [-0.2, -0.15) is 0 Å². The van der Waals surface area contributed by atoms with Crippen LogP contribution in [0.5, 0.6) is 0 Å². The Morgan fingerprint density at radius 1 is 1.12 bits per heavy atom. The molecule has 0 amide bonds. The molecular weight excluding hydrogens is 198 g/mol. The lowest BCUT2D eigenvalue weighted by molar-refractivity contribution is 0.0169. The van der Waals surface area contributed by atoms with Gasteiger partial charge in [-0.1, -0.05) is 43.2 Å². The Balaban J connectivity index is 1.71. The van der Waals surface area contributed by atoms with Gasteiger partial charge in [0.15, 0.2) is 0 Å². The van der Waals surface area contributed by atoms with Crippen molar-refractivity contribution in [2.45, 2.75) is 44.2 Å². The van der Waals surface area contributed by atoms with Crippen LogP contribution in [0.1, 0.15) is 31.2 Å². The standard InChI is InChI=1S/C14H21NO/c15-13-8-4-5-9-14(13)16-11-10-12-6-2-1-3-7-12/h1-3,6-7,13-14H,4-5,8-11,15H2/t13-,14-/m0/s1. The number of nitrogens with two attached hydrogens (primary N) is 1. The molecule has 2 rings (SSSR count). The van der Waals surface area contributed by atoms with Crippen LogP contribution in [0, 0.1) is 0 Å². The molecule has 1 aromatic rings. The maximum absolute atomic E-state index is 6.03. The minimum absolute atomic E-state index is 0.254. The van der Waals surface area contributed by atoms with Crippen LogP contribution in [-0.2, 0) is 11.2 Å². The summed E-state index contributed by atoms with van der Waals surface area (Å²) in [5.41, 5.74) is 7.37. The van der Waals surface area contributed by atoms with E-state index < -0.39 is 0 Å². The minimum atomic E-state index is 0.254. The van der Waals surface area contributed by atoms with Gasteiger partial charge < -0.3 is 10.5 Å². The molecule has 16 heavy (non-hydrogen) atoms. The van der Waals surface area contributed by atoms with Crippen LogP contribution in [0.3, 0.4) is 0 Å². The Hall–Kier alpha value is -0.860. The van der Waals surface area contributed by atoms with Gasteiger partial charge in [-0.3, -0.25) is 0 Å². The minimum Gasteiger partial charge on any atom is -0.376 e. The fraction of sp³-hybridized carbons (Fsp3) is 0.571. The van der Waals surface area contributed by atoms with Crippen LogP contribution in [-0.4, -0.2) is 18.8 Å². The van der Waals surface area contributed by atoms with Gasteiger partial charge in [0.2, 0.25) is 0 Å². The summed E-state index contributed by atoms with van der Waals surface area (Å²) in [6, 6.07) is 10.7. The van der Waals surface area contributed by atoms with E-state index in [1.54, 1.807) is 0 Å². The normalized spacial score (nSPS) is 25.6. The fourth-order valence-electron chi connectivity index (χ4n) is 2.31. The van der Waals surface area contributed by atoms with Gasteiger partial charge in [-0.05, 0) is 24.8 Å². The molecule has 1 fully saturated rings. The molecule has 0 unspecified atom stereocenters. The van der Waals surface area contributed by atoms with Gasteiger partial charge in [0.1, 0.15) is 0 Å². The zero-order chi connectivity index (χ0) is 11.2. The van der Waals surface area contributed by atoms with Crippen molar-refractivity contribution in [3.63, 3.8) is 0 Å². The smallest absolute Gasteiger partial charge is 0.0726 e. The lowest BCUT2D eigenvalue weighted by Gasteiger charge is -2.28. The molecule has 0 saturated heterocycles. The molecule has 88 valence electrons. The Labute approximate surface area is 97.8 Å². The van der Waals surface area contributed by atoms with Gasteiger partial charge in [-0.15, -0.1) is 0 Å². The molecule has 2 atom stereocenters. The predicted octanol–water partition coefficient (Wildman–Crippen LogP) is 2.52. The van der Waals surface area contributed by atoms with E-state index in [4.69, 9.17) is 10.5 Å². The molecule has 0 radical (unpaired) electrons. The van der Waals surface area contributed by atoms with Crippen LogP contribution in [0.15, 0.2) is 30.3 Å². The third-order valence-electron chi connectivity index (χ3n) is 3.32. The van der Waals surface area contributed by atoms with E-state index >= 15 is 0 Å². The average Bonchev–Trinajstić information content (AvgIpc) is 2.33. The van der Waals surface area contributed by atoms with E-state index in [1.807, 2.05) is 6.07 Å². The molecule has 2 N–H and O–H groups in total. The van der Waals surface area contributed by atoms with E-state index in [9.17, 15) is 0 Å². The highest BCUT2D eigenvalue weighted by molar-refractivity contribution is 5.14. The summed E-state index contributed by atoms with van der Waals surface area (Å²) in [4.78, 5) is 0. The molecule has 1 saturated carbocycles. The molecule has 1 aliphatic carbocycles. The Morgan fingerprint density at radius 2 is 1.88 bits per heavy atom. The highest BCUT2D eigenvalue weighted by atomic mass is 16.5. The fourth-order valence-corrected chi connectivity index (χ4v) is 2.31. The van der Waals surface area contributed by atoms with Crippen molar-refractivity contribution in [3.05, 3.63) is 35.9 Å². The van der Waals surface area contributed by atoms with Crippen LogP contribution in [0.25, 0.3) is 0 Å². The third kappa shape index (κ3) is 3.32. The zero-order valence-corrected chi connectivity index (χ0v) is 9.77. The van der Waals surface area contributed by atoms with E-state index in [0.717, 1.165) is 25.9 Å². The second kappa shape index (κ2) is 6.02. The molecule has 0 heterocycles. The first-order chi connectivity index (χ1) is 7.86. The predicted molar refractivity (Wildman–Crippen MR) is 66.3 cm³/mol. The van der Waals surface area contributed by atoms with Crippen molar-refractivity contribution in [3.8, 4) is 0 Å². The topological polar surface area (TPSA) is 35.2 Å². The van der Waals surface area contributed by atoms with Crippen molar-refractivity contribution in [1.82, 2.24) is 0 Å². The van der Waals surface area contributed by atoms with Crippen LogP contribution >= 0.6 is 0 Å². The van der Waals surface area contributed by atoms with Crippen molar-refractivity contribution in [1.29, 1.82) is 0 Å². The van der Waals surface area contributed by atoms with E-state index in [-0.39, 0.29) is 12.1 Å². The van der Waals surface area contributed by atoms with Crippen LogP contribution in [0.4, 0.5) is 0 Å². The first-order valence-electron chi connectivity index (χ1n) is 6.27. The largest absolute Gasteiger partial charge is 0.376 e. The molecule has 1 aliphatic rings. The van der Waals surface area contributed by atoms with Gasteiger partial charge >= 0.3 is 0 Å². The maximum Gasteiger partial charge on any atom is 0.0726 e. The molecule has 2 nitrogen and oxygen atoms in total. The zero-order valence-electron chi connectivity index (χ0n) is 9.77. The van der Waals surface area contributed by atoms with E-state index in [0.29, 0.717) is 0 Å². The Morgan fingerprint density at radius 3 is 2.62 bits per heavy atom. The SMILES string of the molecule is N[C@H]1CCCC[C@@H]1OCCc1ccccc1. The van der Waals surface area contributed by atoms with Crippen molar-refractivity contribution in [2.24, 2.45) is 5.73 Å². The number of benzene rings is 1. The third-order valence-corrected chi connectivity index (χ3v) is 3.32. The lowest BCUT2D eigenvalue weighted by atomic mass is 9.93. The average molecular weight is 219 g/mol. The summed E-state index contributed by atoms with van der Waals surface area (Å²) in [5, 5.41) is 0. The molecule has 0 aliphatic heterocycles. The van der Waals surface area contributed by atoms with Gasteiger partial charge in [-0.25, -0.2) is 0 Å². The quantitative estimate of drug-likeness (QED) is 0.844. The van der Waals surface area contributed by atoms with E-state index in [1.165, 1.54) is 18.4 Å². The van der Waals surface area contributed by atoms with Crippen LogP contribution in [0.2, 0.25) is 0 Å². The molecule has 0 bridgehead atoms. The maximum atomic E-state index is 6.03. The second-order valence-electron chi connectivity index (χ2n) is 4.59. The summed E-state index contributed by atoms with van der Waals surface area (Å²) < 4.78 is 5.87. The van der Waals surface area contributed by atoms with Crippen LogP contribution < -0.4 is 5.73 Å². The van der Waals surface area contributed by atoms with Crippen molar-refractivity contribution in [2.75, 3.05) is 6.61 Å². The summed E-state index contributed by atoms with van der Waals surface area (Å²) in [5.74, 6) is 0. The highest BCUT2D eigenvalue weighted by Gasteiger charge is 2.21. The molecular formula is C14H21NO. The van der Waals surface area contributed by atoms with Gasteiger partial charge in [0.05, 0.1) is 12.7 Å². The number of ether oxygens (including phenoxy) is 1. The van der Waals surface area contributed by atoms with Gasteiger partial charge in [0, 0.05) is 6.04 Å². The second-order valence-corrected chi connectivity index (χ2v) is 4.59. The number of hydrogen-bond donors (Lipinski definition) is 1. The molecule has 1 aromatic carbocycles. The molecule has 0 aromatic heterocycles. The lowest BCUT2D eigenvalue weighted by Crippen LogP contribution is -2.39. The van der Waals surface area contributed by atoms with E-state index in [2.05, 4.69) is 24.3 Å². The van der Waals surface area contributed by atoms with Crippen molar-refractivity contribution >= 4 is 0 Å². The number of hydrogen-bond acceptors (Lipinski definition) is 2. The van der Waals surface area contributed by atoms with Crippen molar-refractivity contribution < 1.29 is 4.74 Å². The van der Waals surface area contributed by atoms with Gasteiger partial charge in [0.25, 0.3) is 0 Å². The highest BCUT2D eigenvalue weighted by Crippen LogP contribution is 2.19. The molecule has 0 spiro atoms. The Bertz CT molecular complexity index is 299. The summed E-state index contributed by atoms with van der Waals surface area (Å²) in [6.45, 7) is 0.794. The monoisotopic (exact) mass is 219 g/mol. The first-order valence-corrected chi connectivity index (χ1v) is 6.27. The number of rotatable bonds is 4. The summed E-state index contributed by atoms with van der Waals surface area (Å²) in [6.07, 6.45) is 6.07. The molecule has 2 heteroatoms. The summed E-state index contributed by atoms with van der Waals surface area (Å²) >= 11 is 0. The summed E-state index contributed by atoms with van der Waals surface area (Å²) in [7, 11) is 0. The first kappa shape index (κ1) is 11.6. The Kier molecular flexibility index (Phi) is 4.37.